The number of rotatable bonds is 9. The van der Waals surface area contributed by atoms with Crippen molar-refractivity contribution < 1.29 is 28.5 Å². The number of para-hydroxylation sites is 1. The Morgan fingerprint density at radius 3 is 2.39 bits per heavy atom. The van der Waals surface area contributed by atoms with E-state index in [1.54, 1.807) is 42.5 Å². The fourth-order valence-corrected chi connectivity index (χ4v) is 3.47. The van der Waals surface area contributed by atoms with Crippen LogP contribution in [-0.2, 0) is 9.47 Å². The first-order valence-corrected chi connectivity index (χ1v) is 10.4. The predicted octanol–water partition coefficient (Wildman–Crippen LogP) is 4.73. The summed E-state index contributed by atoms with van der Waals surface area (Å²) in [7, 11) is 2.44. The van der Waals surface area contributed by atoms with Crippen molar-refractivity contribution in [1.82, 2.24) is 9.78 Å². The number of hydrogen-bond donors (Lipinski definition) is 0. The minimum absolute atomic E-state index is 0.0634. The van der Waals surface area contributed by atoms with Gasteiger partial charge in [-0.15, -0.1) is 0 Å². The number of carbonyl (C=O) groups is 2. The second kappa shape index (κ2) is 10.7. The van der Waals surface area contributed by atoms with Gasteiger partial charge >= 0.3 is 11.9 Å². The first-order chi connectivity index (χ1) is 16.0. The minimum Gasteiger partial charge on any atom is -0.490 e. The summed E-state index contributed by atoms with van der Waals surface area (Å²) in [6.45, 7) is 6.02. The lowest BCUT2D eigenvalue weighted by Gasteiger charge is -2.14. The van der Waals surface area contributed by atoms with Crippen LogP contribution < -0.4 is 9.47 Å². The lowest BCUT2D eigenvalue weighted by atomic mass is 10.0. The number of aromatic nitrogens is 2. The average Bonchev–Trinajstić information content (AvgIpc) is 3.24. The standard InChI is InChI=1S/C24H23ClN2O6/c1-5-12-33-22-17(25)13-15(14-18(22)32-6-2)20-19(23(28)30-3)21(24(29)31-4)27(26-20)16-10-8-7-9-11-16/h5,7-11,13-14H,1,6,12H2,2-4H3. The molecule has 0 N–H and O–H groups in total. The third-order valence-electron chi connectivity index (χ3n) is 4.58. The Labute approximate surface area is 196 Å². The summed E-state index contributed by atoms with van der Waals surface area (Å²) in [6, 6.07) is 12.1. The summed E-state index contributed by atoms with van der Waals surface area (Å²) in [4.78, 5) is 25.5. The molecular formula is C24H23ClN2O6. The van der Waals surface area contributed by atoms with Crippen LogP contribution in [0.3, 0.4) is 0 Å². The van der Waals surface area contributed by atoms with Crippen molar-refractivity contribution in [1.29, 1.82) is 0 Å². The van der Waals surface area contributed by atoms with Gasteiger partial charge in [-0.25, -0.2) is 14.3 Å². The number of hydrogen-bond acceptors (Lipinski definition) is 7. The zero-order chi connectivity index (χ0) is 24.0. The molecule has 172 valence electrons. The van der Waals surface area contributed by atoms with E-state index < -0.39 is 11.9 Å². The highest BCUT2D eigenvalue weighted by Gasteiger charge is 2.32. The normalized spacial score (nSPS) is 10.4. The lowest BCUT2D eigenvalue weighted by Crippen LogP contribution is -2.15. The van der Waals surface area contributed by atoms with Crippen LogP contribution in [0.1, 0.15) is 27.8 Å². The van der Waals surface area contributed by atoms with Crippen LogP contribution in [0.4, 0.5) is 0 Å². The van der Waals surface area contributed by atoms with Crippen molar-refractivity contribution >= 4 is 23.5 Å². The first-order valence-electron chi connectivity index (χ1n) is 10.0. The maximum atomic E-state index is 12.8. The molecule has 33 heavy (non-hydrogen) atoms. The molecule has 3 aromatic rings. The van der Waals surface area contributed by atoms with E-state index in [0.717, 1.165) is 0 Å². The summed E-state index contributed by atoms with van der Waals surface area (Å²) >= 11 is 6.49. The second-order valence-corrected chi connectivity index (χ2v) is 7.03. The molecule has 0 atom stereocenters. The van der Waals surface area contributed by atoms with Gasteiger partial charge in [0.05, 0.1) is 31.5 Å². The molecule has 0 saturated carbocycles. The quantitative estimate of drug-likeness (QED) is 0.330. The van der Waals surface area contributed by atoms with Crippen molar-refractivity contribution in [3.05, 3.63) is 71.4 Å². The Kier molecular flexibility index (Phi) is 7.74. The van der Waals surface area contributed by atoms with Crippen LogP contribution in [0.25, 0.3) is 16.9 Å². The topological polar surface area (TPSA) is 88.9 Å². The Balaban J connectivity index is 2.32. The van der Waals surface area contributed by atoms with Crippen molar-refractivity contribution in [3.8, 4) is 28.4 Å². The number of ether oxygens (including phenoxy) is 4. The van der Waals surface area contributed by atoms with E-state index in [0.29, 0.717) is 29.4 Å². The predicted molar refractivity (Wildman–Crippen MR) is 124 cm³/mol. The van der Waals surface area contributed by atoms with Gasteiger partial charge in [-0.3, -0.25) is 0 Å². The van der Waals surface area contributed by atoms with Crippen LogP contribution in [0, 0.1) is 0 Å². The molecule has 3 rings (SSSR count). The molecule has 8 nitrogen and oxygen atoms in total. The van der Waals surface area contributed by atoms with Crippen molar-refractivity contribution in [2.24, 2.45) is 0 Å². The second-order valence-electron chi connectivity index (χ2n) is 6.62. The molecule has 0 bridgehead atoms. The Bertz CT molecular complexity index is 1170. The van der Waals surface area contributed by atoms with Gasteiger partial charge in [0.15, 0.2) is 17.2 Å². The van der Waals surface area contributed by atoms with Gasteiger partial charge in [0, 0.05) is 5.56 Å². The van der Waals surface area contributed by atoms with Gasteiger partial charge in [-0.05, 0) is 31.2 Å². The monoisotopic (exact) mass is 470 g/mol. The highest BCUT2D eigenvalue weighted by atomic mass is 35.5. The van der Waals surface area contributed by atoms with Gasteiger partial charge in [0.1, 0.15) is 17.9 Å². The summed E-state index contributed by atoms with van der Waals surface area (Å²) in [5.74, 6) is -0.822. The molecule has 0 aliphatic rings. The molecule has 2 aromatic carbocycles. The average molecular weight is 471 g/mol. The Hall–Kier alpha value is -3.78. The highest BCUT2D eigenvalue weighted by molar-refractivity contribution is 6.32. The number of benzene rings is 2. The molecule has 1 aromatic heterocycles. The van der Waals surface area contributed by atoms with E-state index in [1.165, 1.54) is 18.9 Å². The van der Waals surface area contributed by atoms with Gasteiger partial charge in [0.2, 0.25) is 0 Å². The molecule has 1 heterocycles. The van der Waals surface area contributed by atoms with E-state index >= 15 is 0 Å². The maximum absolute atomic E-state index is 12.8. The van der Waals surface area contributed by atoms with Crippen LogP contribution >= 0.6 is 11.6 Å². The molecule has 0 unspecified atom stereocenters. The fourth-order valence-electron chi connectivity index (χ4n) is 3.21. The van der Waals surface area contributed by atoms with E-state index in [2.05, 4.69) is 11.7 Å². The molecule has 0 radical (unpaired) electrons. The molecule has 0 spiro atoms. The summed E-state index contributed by atoms with van der Waals surface area (Å²) in [5.41, 5.74) is 1.01. The lowest BCUT2D eigenvalue weighted by molar-refractivity contribution is 0.0549. The molecule has 0 saturated heterocycles. The number of halogens is 1. The summed E-state index contributed by atoms with van der Waals surface area (Å²) in [6.07, 6.45) is 1.58. The Morgan fingerprint density at radius 2 is 1.79 bits per heavy atom. The van der Waals surface area contributed by atoms with Gasteiger partial charge < -0.3 is 18.9 Å². The maximum Gasteiger partial charge on any atom is 0.357 e. The SMILES string of the molecule is C=CCOc1c(Cl)cc(-c2nn(-c3ccccc3)c(C(=O)OC)c2C(=O)OC)cc1OCC. The third-order valence-corrected chi connectivity index (χ3v) is 4.86. The smallest absolute Gasteiger partial charge is 0.357 e. The highest BCUT2D eigenvalue weighted by Crippen LogP contribution is 2.41. The Morgan fingerprint density at radius 1 is 1.09 bits per heavy atom. The van der Waals surface area contributed by atoms with Gasteiger partial charge in [-0.2, -0.15) is 5.10 Å². The van der Waals surface area contributed by atoms with E-state index in [9.17, 15) is 9.59 Å². The van der Waals surface area contributed by atoms with Crippen LogP contribution in [-0.4, -0.2) is 49.2 Å². The number of nitrogens with zero attached hydrogens (tertiary/aromatic N) is 2. The molecule has 0 fully saturated rings. The fraction of sp³-hybridized carbons (Fsp3) is 0.208. The zero-order valence-corrected chi connectivity index (χ0v) is 19.2. The van der Waals surface area contributed by atoms with Gasteiger partial charge in [-0.1, -0.05) is 42.5 Å². The molecule has 0 aliphatic heterocycles. The largest absolute Gasteiger partial charge is 0.490 e. The van der Waals surface area contributed by atoms with Crippen molar-refractivity contribution in [2.75, 3.05) is 27.4 Å². The van der Waals surface area contributed by atoms with E-state index in [-0.39, 0.29) is 28.6 Å². The number of esters is 2. The summed E-state index contributed by atoms with van der Waals surface area (Å²) < 4.78 is 22.6. The zero-order valence-electron chi connectivity index (χ0n) is 18.5. The summed E-state index contributed by atoms with van der Waals surface area (Å²) in [5, 5.41) is 4.81. The van der Waals surface area contributed by atoms with Crippen LogP contribution in [0.2, 0.25) is 5.02 Å². The molecule has 9 heteroatoms. The number of methoxy groups -OCH3 is 2. The molecule has 0 amide bonds. The minimum atomic E-state index is -0.756. The van der Waals surface area contributed by atoms with Crippen LogP contribution in [0.15, 0.2) is 55.1 Å². The number of carbonyl (C=O) groups excluding carboxylic acids is 2. The third kappa shape index (κ3) is 4.85. The van der Waals surface area contributed by atoms with Gasteiger partial charge in [0.25, 0.3) is 0 Å². The molecule has 0 aliphatic carbocycles. The van der Waals surface area contributed by atoms with Crippen LogP contribution in [0.5, 0.6) is 11.5 Å². The first kappa shape index (κ1) is 23.9. The van der Waals surface area contributed by atoms with Crippen molar-refractivity contribution in [3.63, 3.8) is 0 Å². The molecular weight excluding hydrogens is 448 g/mol. The van der Waals surface area contributed by atoms with E-state index in [1.807, 2.05) is 13.0 Å². The van der Waals surface area contributed by atoms with E-state index in [4.69, 9.17) is 30.5 Å². The van der Waals surface area contributed by atoms with Crippen molar-refractivity contribution in [2.45, 2.75) is 6.92 Å².